The highest BCUT2D eigenvalue weighted by atomic mass is 16.2. The normalized spacial score (nSPS) is 14.8. The van der Waals surface area contributed by atoms with Gasteiger partial charge in [0.25, 0.3) is 0 Å². The van der Waals surface area contributed by atoms with E-state index in [1.807, 2.05) is 60.7 Å². The Kier molecular flexibility index (Phi) is 6.65. The molecule has 0 atom stereocenters. The van der Waals surface area contributed by atoms with Crippen molar-refractivity contribution < 1.29 is 14.4 Å². The SMILES string of the molecule is CC(=O)NCC(=O)N(Cc1ccccc1)C1(C(=O)Nc2ccccc2)CCCC1. The fraction of sp³-hybridized carbons (Fsp3) is 0.348. The molecule has 152 valence electrons. The van der Waals surface area contributed by atoms with Gasteiger partial charge in [0.1, 0.15) is 5.54 Å². The predicted octanol–water partition coefficient (Wildman–Crippen LogP) is 3.10. The van der Waals surface area contributed by atoms with Gasteiger partial charge in [0, 0.05) is 19.2 Å². The second kappa shape index (κ2) is 9.37. The van der Waals surface area contributed by atoms with Crippen molar-refractivity contribution in [2.75, 3.05) is 11.9 Å². The first-order valence-electron chi connectivity index (χ1n) is 9.96. The van der Waals surface area contributed by atoms with E-state index in [1.165, 1.54) is 6.92 Å². The first-order valence-corrected chi connectivity index (χ1v) is 9.96. The summed E-state index contributed by atoms with van der Waals surface area (Å²) in [4.78, 5) is 39.6. The van der Waals surface area contributed by atoms with E-state index in [2.05, 4.69) is 10.6 Å². The zero-order valence-electron chi connectivity index (χ0n) is 16.7. The average Bonchev–Trinajstić information content (AvgIpc) is 3.23. The molecule has 1 saturated carbocycles. The van der Waals surface area contributed by atoms with Gasteiger partial charge in [0.05, 0.1) is 6.54 Å². The summed E-state index contributed by atoms with van der Waals surface area (Å²) >= 11 is 0. The van der Waals surface area contributed by atoms with E-state index >= 15 is 0 Å². The van der Waals surface area contributed by atoms with Crippen molar-refractivity contribution >= 4 is 23.4 Å². The molecule has 2 N–H and O–H groups in total. The van der Waals surface area contributed by atoms with Crippen molar-refractivity contribution in [3.8, 4) is 0 Å². The Morgan fingerprint density at radius 2 is 1.52 bits per heavy atom. The third kappa shape index (κ3) is 5.02. The Hall–Kier alpha value is -3.15. The van der Waals surface area contributed by atoms with E-state index in [4.69, 9.17) is 0 Å². The van der Waals surface area contributed by atoms with Crippen LogP contribution in [0, 0.1) is 0 Å². The number of nitrogens with one attached hydrogen (secondary N) is 2. The summed E-state index contributed by atoms with van der Waals surface area (Å²) in [5.41, 5.74) is 0.724. The van der Waals surface area contributed by atoms with Gasteiger partial charge in [0.2, 0.25) is 17.7 Å². The summed E-state index contributed by atoms with van der Waals surface area (Å²) in [7, 11) is 0. The van der Waals surface area contributed by atoms with Crippen LogP contribution in [0.2, 0.25) is 0 Å². The van der Waals surface area contributed by atoms with Crippen molar-refractivity contribution in [1.29, 1.82) is 0 Å². The maximum absolute atomic E-state index is 13.4. The summed E-state index contributed by atoms with van der Waals surface area (Å²) < 4.78 is 0. The van der Waals surface area contributed by atoms with Crippen LogP contribution in [0.5, 0.6) is 0 Å². The molecule has 2 aromatic rings. The van der Waals surface area contributed by atoms with Crippen LogP contribution in [0.25, 0.3) is 0 Å². The summed E-state index contributed by atoms with van der Waals surface area (Å²) in [5, 5.41) is 5.57. The van der Waals surface area contributed by atoms with E-state index in [9.17, 15) is 14.4 Å². The third-order valence-electron chi connectivity index (χ3n) is 5.37. The van der Waals surface area contributed by atoms with E-state index in [0.29, 0.717) is 25.1 Å². The van der Waals surface area contributed by atoms with Gasteiger partial charge >= 0.3 is 0 Å². The number of amides is 3. The first-order chi connectivity index (χ1) is 14.0. The van der Waals surface area contributed by atoms with Gasteiger partial charge in [-0.25, -0.2) is 0 Å². The van der Waals surface area contributed by atoms with Crippen LogP contribution in [0.4, 0.5) is 5.69 Å². The quantitative estimate of drug-likeness (QED) is 0.759. The summed E-state index contributed by atoms with van der Waals surface area (Å²) in [6, 6.07) is 18.9. The van der Waals surface area contributed by atoms with Crippen molar-refractivity contribution in [2.45, 2.75) is 44.7 Å². The predicted molar refractivity (Wildman–Crippen MR) is 112 cm³/mol. The number of nitrogens with zero attached hydrogens (tertiary/aromatic N) is 1. The Bertz CT molecular complexity index is 846. The van der Waals surface area contributed by atoms with Gasteiger partial charge in [-0.15, -0.1) is 0 Å². The van der Waals surface area contributed by atoms with Crippen molar-refractivity contribution in [1.82, 2.24) is 10.2 Å². The molecule has 6 heteroatoms. The molecule has 6 nitrogen and oxygen atoms in total. The molecule has 1 aliphatic rings. The van der Waals surface area contributed by atoms with Crippen LogP contribution in [0.15, 0.2) is 60.7 Å². The Balaban J connectivity index is 1.91. The Labute approximate surface area is 171 Å². The molecule has 3 rings (SSSR count). The molecule has 29 heavy (non-hydrogen) atoms. The van der Waals surface area contributed by atoms with Crippen LogP contribution in [0.3, 0.4) is 0 Å². The molecule has 0 radical (unpaired) electrons. The number of benzene rings is 2. The van der Waals surface area contributed by atoms with Crippen molar-refractivity contribution in [3.63, 3.8) is 0 Å². The highest BCUT2D eigenvalue weighted by Gasteiger charge is 2.48. The third-order valence-corrected chi connectivity index (χ3v) is 5.37. The van der Waals surface area contributed by atoms with E-state index in [0.717, 1.165) is 18.4 Å². The Morgan fingerprint density at radius 1 is 0.931 bits per heavy atom. The highest BCUT2D eigenvalue weighted by molar-refractivity contribution is 6.01. The smallest absolute Gasteiger partial charge is 0.250 e. The number of carbonyl (C=O) groups excluding carboxylic acids is 3. The minimum absolute atomic E-state index is 0.122. The molecule has 0 bridgehead atoms. The van der Waals surface area contributed by atoms with Gasteiger partial charge in [-0.05, 0) is 30.5 Å². The molecule has 2 aromatic carbocycles. The first kappa shape index (κ1) is 20.6. The Morgan fingerprint density at radius 3 is 2.10 bits per heavy atom. The van der Waals surface area contributed by atoms with E-state index < -0.39 is 5.54 Å². The largest absolute Gasteiger partial charge is 0.347 e. The molecule has 3 amide bonds. The van der Waals surface area contributed by atoms with Crippen LogP contribution in [-0.4, -0.2) is 34.7 Å². The van der Waals surface area contributed by atoms with Crippen molar-refractivity contribution in [3.05, 3.63) is 66.2 Å². The molecule has 1 fully saturated rings. The second-order valence-corrected chi connectivity index (χ2v) is 7.43. The molecule has 0 heterocycles. The number of rotatable bonds is 7. The fourth-order valence-electron chi connectivity index (χ4n) is 3.89. The number of hydrogen-bond acceptors (Lipinski definition) is 3. The maximum Gasteiger partial charge on any atom is 0.250 e. The second-order valence-electron chi connectivity index (χ2n) is 7.43. The van der Waals surface area contributed by atoms with Gasteiger partial charge < -0.3 is 15.5 Å². The van der Waals surface area contributed by atoms with Crippen LogP contribution in [-0.2, 0) is 20.9 Å². The zero-order valence-corrected chi connectivity index (χ0v) is 16.7. The topological polar surface area (TPSA) is 78.5 Å². The summed E-state index contributed by atoms with van der Waals surface area (Å²) in [5.74, 6) is -0.699. The van der Waals surface area contributed by atoms with Crippen LogP contribution < -0.4 is 10.6 Å². The standard InChI is InChI=1S/C23H27N3O3/c1-18(27)24-16-21(28)26(17-19-10-4-2-5-11-19)23(14-8-9-15-23)22(29)25-20-12-6-3-7-13-20/h2-7,10-13H,8-9,14-17H2,1H3,(H,24,27)(H,25,29). The average molecular weight is 393 g/mol. The van der Waals surface area contributed by atoms with Gasteiger partial charge in [0.15, 0.2) is 0 Å². The van der Waals surface area contributed by atoms with E-state index in [-0.39, 0.29) is 24.3 Å². The molecule has 0 aliphatic heterocycles. The number of para-hydroxylation sites is 1. The lowest BCUT2D eigenvalue weighted by molar-refractivity contribution is -0.146. The molecular weight excluding hydrogens is 366 g/mol. The minimum atomic E-state index is -0.929. The monoisotopic (exact) mass is 393 g/mol. The van der Waals surface area contributed by atoms with Gasteiger partial charge in [-0.2, -0.15) is 0 Å². The minimum Gasteiger partial charge on any atom is -0.347 e. The number of carbonyl (C=O) groups is 3. The molecule has 1 aliphatic carbocycles. The molecular formula is C23H27N3O3. The van der Waals surface area contributed by atoms with Crippen molar-refractivity contribution in [2.24, 2.45) is 0 Å². The number of hydrogen-bond donors (Lipinski definition) is 2. The summed E-state index contributed by atoms with van der Waals surface area (Å²) in [6.07, 6.45) is 2.95. The van der Waals surface area contributed by atoms with Crippen LogP contribution >= 0.6 is 0 Å². The molecule has 0 aromatic heterocycles. The fourth-order valence-corrected chi connectivity index (χ4v) is 3.89. The maximum atomic E-state index is 13.4. The van der Waals surface area contributed by atoms with E-state index in [1.54, 1.807) is 4.90 Å². The lowest BCUT2D eigenvalue weighted by Crippen LogP contribution is -2.58. The molecule has 0 unspecified atom stereocenters. The zero-order chi connectivity index (χ0) is 20.7. The molecule has 0 saturated heterocycles. The van der Waals surface area contributed by atoms with Gasteiger partial charge in [-0.1, -0.05) is 61.4 Å². The highest BCUT2D eigenvalue weighted by Crippen LogP contribution is 2.37. The molecule has 0 spiro atoms. The lowest BCUT2D eigenvalue weighted by atomic mass is 9.92. The lowest BCUT2D eigenvalue weighted by Gasteiger charge is -2.40. The summed E-state index contributed by atoms with van der Waals surface area (Å²) in [6.45, 7) is 1.58. The van der Waals surface area contributed by atoms with Gasteiger partial charge in [-0.3, -0.25) is 14.4 Å². The number of anilines is 1. The van der Waals surface area contributed by atoms with Crippen LogP contribution in [0.1, 0.15) is 38.2 Å².